The summed E-state index contributed by atoms with van der Waals surface area (Å²) in [6, 6.07) is 6.51. The van der Waals surface area contributed by atoms with Gasteiger partial charge in [-0.2, -0.15) is 16.8 Å². The second-order valence-electron chi connectivity index (χ2n) is 3.90. The molecule has 0 spiro atoms. The first-order valence-corrected chi connectivity index (χ1v) is 8.09. The molecule has 0 amide bonds. The maximum atomic E-state index is 11.4. The molecule has 2 N–H and O–H groups in total. The molecule has 0 aliphatic rings. The van der Waals surface area contributed by atoms with Crippen molar-refractivity contribution in [3.63, 3.8) is 0 Å². The summed E-state index contributed by atoms with van der Waals surface area (Å²) in [7, 11) is -8.20. The van der Waals surface area contributed by atoms with Crippen LogP contribution in [0.1, 0.15) is 0 Å². The number of rotatable bonds is 3. The first-order valence-electron chi connectivity index (χ1n) is 5.21. The van der Waals surface area contributed by atoms with E-state index in [1.165, 1.54) is 31.4 Å². The van der Waals surface area contributed by atoms with Crippen LogP contribution in [0.4, 0.5) is 0 Å². The zero-order valence-electron chi connectivity index (χ0n) is 10.1. The van der Waals surface area contributed by atoms with E-state index in [1.54, 1.807) is 0 Å². The summed E-state index contributed by atoms with van der Waals surface area (Å²) < 4.78 is 68.7. The van der Waals surface area contributed by atoms with Gasteiger partial charge in [0.15, 0.2) is 0 Å². The Hall–Kier alpha value is -1.68. The molecule has 0 atom stereocenters. The van der Waals surface area contributed by atoms with E-state index in [2.05, 4.69) is 0 Å². The molecule has 0 saturated heterocycles. The Morgan fingerprint density at radius 3 is 1.85 bits per heavy atom. The minimum absolute atomic E-state index is 0.0826. The highest BCUT2D eigenvalue weighted by atomic mass is 32.2. The van der Waals surface area contributed by atoms with Crippen LogP contribution in [0.2, 0.25) is 0 Å². The Kier molecular flexibility index (Phi) is 3.46. The summed E-state index contributed by atoms with van der Waals surface area (Å²) in [5.41, 5.74) is 0. The largest absolute Gasteiger partial charge is 0.495 e. The van der Waals surface area contributed by atoms with Crippen molar-refractivity contribution in [2.45, 2.75) is 9.79 Å². The van der Waals surface area contributed by atoms with Crippen molar-refractivity contribution < 1.29 is 30.7 Å². The van der Waals surface area contributed by atoms with E-state index in [1.807, 2.05) is 0 Å². The van der Waals surface area contributed by atoms with Crippen molar-refractivity contribution in [3.8, 4) is 5.75 Å². The Bertz CT molecular complexity index is 882. The molecule has 20 heavy (non-hydrogen) atoms. The minimum atomic E-state index is -4.72. The van der Waals surface area contributed by atoms with Crippen molar-refractivity contribution in [2.75, 3.05) is 7.11 Å². The van der Waals surface area contributed by atoms with Crippen molar-refractivity contribution in [1.82, 2.24) is 0 Å². The fourth-order valence-corrected chi connectivity index (χ4v) is 3.40. The molecule has 0 radical (unpaired) electrons. The summed E-state index contributed by atoms with van der Waals surface area (Å²) in [5.74, 6) is -0.199. The molecule has 7 nitrogen and oxygen atoms in total. The van der Waals surface area contributed by atoms with Gasteiger partial charge in [0.1, 0.15) is 15.5 Å². The van der Waals surface area contributed by atoms with Gasteiger partial charge in [-0.05, 0) is 6.07 Å². The lowest BCUT2D eigenvalue weighted by atomic mass is 10.1. The third-order valence-corrected chi connectivity index (χ3v) is 4.44. The van der Waals surface area contributed by atoms with E-state index in [0.717, 1.165) is 0 Å². The molecule has 0 aliphatic carbocycles. The highest BCUT2D eigenvalue weighted by Crippen LogP contribution is 2.36. The molecule has 0 unspecified atom stereocenters. The normalized spacial score (nSPS) is 12.6. The lowest BCUT2D eigenvalue weighted by Crippen LogP contribution is -2.07. The number of hydrogen-bond acceptors (Lipinski definition) is 5. The number of ether oxygens (including phenoxy) is 1. The molecular weight excluding hydrogens is 308 g/mol. The molecule has 2 rings (SSSR count). The third kappa shape index (κ3) is 2.48. The van der Waals surface area contributed by atoms with Gasteiger partial charge in [-0.3, -0.25) is 9.11 Å². The maximum absolute atomic E-state index is 11.4. The Labute approximate surface area is 115 Å². The molecule has 108 valence electrons. The smallest absolute Gasteiger partial charge is 0.298 e. The molecule has 0 aromatic heterocycles. The highest BCUT2D eigenvalue weighted by molar-refractivity contribution is 7.86. The van der Waals surface area contributed by atoms with Crippen LogP contribution < -0.4 is 4.74 Å². The van der Waals surface area contributed by atoms with Gasteiger partial charge >= 0.3 is 0 Å². The second-order valence-corrected chi connectivity index (χ2v) is 6.68. The fraction of sp³-hybridized carbons (Fsp3) is 0.0909. The highest BCUT2D eigenvalue weighted by Gasteiger charge is 2.25. The monoisotopic (exact) mass is 318 g/mol. The van der Waals surface area contributed by atoms with Crippen LogP contribution in [0.5, 0.6) is 5.75 Å². The van der Waals surface area contributed by atoms with Crippen LogP contribution >= 0.6 is 0 Å². The molecular formula is C11H10O7S2. The molecule has 0 bridgehead atoms. The molecule has 2 aromatic rings. The molecule has 0 aliphatic heterocycles. The second kappa shape index (κ2) is 4.70. The van der Waals surface area contributed by atoms with E-state index >= 15 is 0 Å². The summed E-state index contributed by atoms with van der Waals surface area (Å²) in [6.07, 6.45) is 0. The minimum Gasteiger partial charge on any atom is -0.495 e. The van der Waals surface area contributed by atoms with Gasteiger partial charge in [0.2, 0.25) is 0 Å². The number of methoxy groups -OCH3 is 1. The Morgan fingerprint density at radius 1 is 0.900 bits per heavy atom. The van der Waals surface area contributed by atoms with Gasteiger partial charge in [-0.25, -0.2) is 0 Å². The number of fused-ring (bicyclic) bond motifs is 1. The van der Waals surface area contributed by atoms with E-state index in [9.17, 15) is 21.4 Å². The summed E-state index contributed by atoms with van der Waals surface area (Å²) in [6.45, 7) is 0. The van der Waals surface area contributed by atoms with E-state index in [-0.39, 0.29) is 16.5 Å². The molecule has 0 fully saturated rings. The summed E-state index contributed by atoms with van der Waals surface area (Å²) in [4.78, 5) is -1.35. The predicted molar refractivity (Wildman–Crippen MR) is 70.1 cm³/mol. The summed E-state index contributed by atoms with van der Waals surface area (Å²) >= 11 is 0. The average molecular weight is 318 g/mol. The number of hydrogen-bond donors (Lipinski definition) is 2. The van der Waals surface area contributed by atoms with Crippen LogP contribution in [-0.4, -0.2) is 33.1 Å². The SMILES string of the molecule is COc1c(S(=O)(=O)O)cc(S(=O)(=O)O)c2ccccc12. The molecule has 0 heterocycles. The van der Waals surface area contributed by atoms with E-state index in [4.69, 9.17) is 9.29 Å². The lowest BCUT2D eigenvalue weighted by molar-refractivity contribution is 0.402. The lowest BCUT2D eigenvalue weighted by Gasteiger charge is -2.12. The van der Waals surface area contributed by atoms with Gasteiger partial charge in [-0.1, -0.05) is 24.3 Å². The van der Waals surface area contributed by atoms with Crippen LogP contribution in [-0.2, 0) is 20.2 Å². The van der Waals surface area contributed by atoms with Crippen LogP contribution in [0.3, 0.4) is 0 Å². The summed E-state index contributed by atoms with van der Waals surface area (Å²) in [5, 5.41) is 0.219. The average Bonchev–Trinajstić information content (AvgIpc) is 2.34. The first kappa shape index (κ1) is 14.7. The van der Waals surface area contributed by atoms with E-state index in [0.29, 0.717) is 6.07 Å². The van der Waals surface area contributed by atoms with E-state index < -0.39 is 30.0 Å². The van der Waals surface area contributed by atoms with Crippen molar-refractivity contribution in [3.05, 3.63) is 30.3 Å². The zero-order chi connectivity index (χ0) is 15.1. The molecule has 9 heteroatoms. The van der Waals surface area contributed by atoms with Crippen LogP contribution in [0.25, 0.3) is 10.8 Å². The quantitative estimate of drug-likeness (QED) is 0.820. The topological polar surface area (TPSA) is 118 Å². The Balaban J connectivity index is 3.11. The van der Waals surface area contributed by atoms with Crippen molar-refractivity contribution >= 4 is 31.0 Å². The van der Waals surface area contributed by atoms with Crippen molar-refractivity contribution in [1.29, 1.82) is 0 Å². The molecule has 2 aromatic carbocycles. The van der Waals surface area contributed by atoms with Gasteiger partial charge in [0.25, 0.3) is 20.2 Å². The van der Waals surface area contributed by atoms with Gasteiger partial charge in [0, 0.05) is 10.8 Å². The van der Waals surface area contributed by atoms with Crippen LogP contribution in [0.15, 0.2) is 40.1 Å². The fourth-order valence-electron chi connectivity index (χ4n) is 1.91. The number of benzene rings is 2. The first-order chi connectivity index (χ1) is 9.16. The van der Waals surface area contributed by atoms with Gasteiger partial charge < -0.3 is 4.74 Å². The van der Waals surface area contributed by atoms with Crippen molar-refractivity contribution in [2.24, 2.45) is 0 Å². The maximum Gasteiger partial charge on any atom is 0.298 e. The van der Waals surface area contributed by atoms with Crippen LogP contribution in [0, 0.1) is 0 Å². The standard InChI is InChI=1S/C11H10O7S2/c1-18-11-8-5-3-2-4-7(8)9(19(12,13)14)6-10(11)20(15,16)17/h2-6H,1H3,(H,12,13,14)(H,15,16,17). The Morgan fingerprint density at radius 2 is 1.40 bits per heavy atom. The molecule has 0 saturated carbocycles. The third-order valence-electron chi connectivity index (χ3n) is 2.68. The van der Waals surface area contributed by atoms with Gasteiger partial charge in [0.05, 0.1) is 7.11 Å². The van der Waals surface area contributed by atoms with Gasteiger partial charge in [-0.15, -0.1) is 0 Å². The predicted octanol–water partition coefficient (Wildman–Crippen LogP) is 1.34. The zero-order valence-corrected chi connectivity index (χ0v) is 11.8.